The lowest BCUT2D eigenvalue weighted by Gasteiger charge is -2.43. The van der Waals surface area contributed by atoms with E-state index in [9.17, 15) is 4.79 Å². The van der Waals surface area contributed by atoms with Gasteiger partial charge >= 0.3 is 0 Å². The standard InChI is InChI=1S/C19H28N2O2/c1-16-7-5-6-10-18(16)20-11-13-21(14-12-20)19(22)15-23-17-8-3-2-4-9-17/h2-4,8-9,16,18H,5-7,10-15H2,1H3. The fourth-order valence-corrected chi connectivity index (χ4v) is 3.90. The summed E-state index contributed by atoms with van der Waals surface area (Å²) in [5, 5.41) is 0. The summed E-state index contributed by atoms with van der Waals surface area (Å²) < 4.78 is 5.58. The molecule has 1 saturated carbocycles. The van der Waals surface area contributed by atoms with Crippen molar-refractivity contribution in [2.45, 2.75) is 38.6 Å². The molecule has 2 unspecified atom stereocenters. The van der Waals surface area contributed by atoms with Gasteiger partial charge in [0, 0.05) is 32.2 Å². The first kappa shape index (κ1) is 16.3. The van der Waals surface area contributed by atoms with Gasteiger partial charge in [0.15, 0.2) is 6.61 Å². The second-order valence-corrected chi connectivity index (χ2v) is 6.85. The van der Waals surface area contributed by atoms with E-state index < -0.39 is 0 Å². The number of nitrogens with zero attached hydrogens (tertiary/aromatic N) is 2. The van der Waals surface area contributed by atoms with Crippen LogP contribution in [0.25, 0.3) is 0 Å². The maximum absolute atomic E-state index is 12.3. The Bertz CT molecular complexity index is 497. The number of para-hydroxylation sites is 1. The van der Waals surface area contributed by atoms with Crippen LogP contribution in [0.2, 0.25) is 0 Å². The van der Waals surface area contributed by atoms with Crippen LogP contribution in [0.1, 0.15) is 32.6 Å². The molecule has 0 aromatic heterocycles. The van der Waals surface area contributed by atoms with Crippen LogP contribution in [0.5, 0.6) is 5.75 Å². The third-order valence-electron chi connectivity index (χ3n) is 5.31. The number of hydrogen-bond acceptors (Lipinski definition) is 3. The maximum Gasteiger partial charge on any atom is 0.260 e. The van der Waals surface area contributed by atoms with E-state index in [0.717, 1.165) is 43.9 Å². The van der Waals surface area contributed by atoms with Crippen LogP contribution in [0, 0.1) is 5.92 Å². The smallest absolute Gasteiger partial charge is 0.260 e. The largest absolute Gasteiger partial charge is 0.484 e. The average Bonchev–Trinajstić information content (AvgIpc) is 2.61. The number of amides is 1. The Morgan fingerprint density at radius 3 is 2.48 bits per heavy atom. The molecule has 0 N–H and O–H groups in total. The first-order valence-corrected chi connectivity index (χ1v) is 8.94. The second kappa shape index (κ2) is 7.82. The number of piperazine rings is 1. The van der Waals surface area contributed by atoms with Crippen molar-refractivity contribution in [1.29, 1.82) is 0 Å². The summed E-state index contributed by atoms with van der Waals surface area (Å²) in [6.45, 7) is 6.21. The SMILES string of the molecule is CC1CCCCC1N1CCN(C(=O)COc2ccccc2)CC1. The summed E-state index contributed by atoms with van der Waals surface area (Å²) in [5.74, 6) is 1.66. The molecule has 1 aliphatic heterocycles. The van der Waals surface area contributed by atoms with Crippen LogP contribution in [-0.4, -0.2) is 54.5 Å². The molecule has 1 amide bonds. The number of carbonyl (C=O) groups is 1. The molecule has 4 nitrogen and oxygen atoms in total. The minimum atomic E-state index is 0.102. The zero-order valence-electron chi connectivity index (χ0n) is 14.1. The first-order chi connectivity index (χ1) is 11.2. The molecule has 1 aromatic carbocycles. The highest BCUT2D eigenvalue weighted by Crippen LogP contribution is 2.28. The van der Waals surface area contributed by atoms with Gasteiger partial charge in [-0.2, -0.15) is 0 Å². The molecular formula is C19H28N2O2. The molecule has 0 radical (unpaired) electrons. The van der Waals surface area contributed by atoms with Crippen LogP contribution in [0.3, 0.4) is 0 Å². The summed E-state index contributed by atoms with van der Waals surface area (Å²) in [4.78, 5) is 16.9. The van der Waals surface area contributed by atoms with Crippen molar-refractivity contribution in [3.05, 3.63) is 30.3 Å². The van der Waals surface area contributed by atoms with Gasteiger partial charge < -0.3 is 9.64 Å². The summed E-state index contributed by atoms with van der Waals surface area (Å²) in [6, 6.07) is 10.3. The zero-order valence-corrected chi connectivity index (χ0v) is 14.1. The molecule has 2 aliphatic rings. The predicted molar refractivity (Wildman–Crippen MR) is 91.5 cm³/mol. The third kappa shape index (κ3) is 4.25. The van der Waals surface area contributed by atoms with Gasteiger partial charge in [0.05, 0.1) is 0 Å². The van der Waals surface area contributed by atoms with E-state index in [2.05, 4.69) is 11.8 Å². The quantitative estimate of drug-likeness (QED) is 0.856. The van der Waals surface area contributed by atoms with E-state index in [-0.39, 0.29) is 12.5 Å². The van der Waals surface area contributed by atoms with Gasteiger partial charge in [0.25, 0.3) is 5.91 Å². The van der Waals surface area contributed by atoms with Crippen molar-refractivity contribution in [3.8, 4) is 5.75 Å². The summed E-state index contributed by atoms with van der Waals surface area (Å²) in [6.07, 6.45) is 5.42. The highest BCUT2D eigenvalue weighted by Gasteiger charge is 2.30. The van der Waals surface area contributed by atoms with Crippen molar-refractivity contribution in [2.75, 3.05) is 32.8 Å². The van der Waals surface area contributed by atoms with Crippen LogP contribution in [0.4, 0.5) is 0 Å². The second-order valence-electron chi connectivity index (χ2n) is 6.85. The molecule has 1 aromatic rings. The van der Waals surface area contributed by atoms with E-state index in [1.165, 1.54) is 25.7 Å². The lowest BCUT2D eigenvalue weighted by atomic mass is 9.84. The van der Waals surface area contributed by atoms with E-state index in [1.54, 1.807) is 0 Å². The summed E-state index contributed by atoms with van der Waals surface area (Å²) >= 11 is 0. The molecule has 4 heteroatoms. The Labute approximate surface area is 139 Å². The number of ether oxygens (including phenoxy) is 1. The van der Waals surface area contributed by atoms with Gasteiger partial charge in [0.1, 0.15) is 5.75 Å². The lowest BCUT2D eigenvalue weighted by molar-refractivity contribution is -0.135. The van der Waals surface area contributed by atoms with E-state index >= 15 is 0 Å². The molecule has 1 saturated heterocycles. The zero-order chi connectivity index (χ0) is 16.1. The first-order valence-electron chi connectivity index (χ1n) is 8.94. The van der Waals surface area contributed by atoms with Gasteiger partial charge in [0.2, 0.25) is 0 Å². The topological polar surface area (TPSA) is 32.8 Å². The fourth-order valence-electron chi connectivity index (χ4n) is 3.90. The Morgan fingerprint density at radius 1 is 1.09 bits per heavy atom. The number of hydrogen-bond donors (Lipinski definition) is 0. The van der Waals surface area contributed by atoms with E-state index in [1.807, 2.05) is 35.2 Å². The van der Waals surface area contributed by atoms with Crippen molar-refractivity contribution in [2.24, 2.45) is 5.92 Å². The fraction of sp³-hybridized carbons (Fsp3) is 0.632. The van der Waals surface area contributed by atoms with Crippen molar-refractivity contribution < 1.29 is 9.53 Å². The van der Waals surface area contributed by atoms with Crippen LogP contribution < -0.4 is 4.74 Å². The van der Waals surface area contributed by atoms with Crippen LogP contribution >= 0.6 is 0 Å². The Hall–Kier alpha value is -1.55. The summed E-state index contributed by atoms with van der Waals surface area (Å²) in [5.41, 5.74) is 0. The predicted octanol–water partition coefficient (Wildman–Crippen LogP) is 2.79. The van der Waals surface area contributed by atoms with Gasteiger partial charge in [-0.15, -0.1) is 0 Å². The molecule has 23 heavy (non-hydrogen) atoms. The van der Waals surface area contributed by atoms with Crippen LogP contribution in [-0.2, 0) is 4.79 Å². The van der Waals surface area contributed by atoms with Gasteiger partial charge in [-0.05, 0) is 30.9 Å². The van der Waals surface area contributed by atoms with E-state index in [0.29, 0.717) is 0 Å². The van der Waals surface area contributed by atoms with Crippen molar-refractivity contribution >= 4 is 5.91 Å². The average molecular weight is 316 g/mol. The Kier molecular flexibility index (Phi) is 5.55. The molecule has 2 fully saturated rings. The number of benzene rings is 1. The van der Waals surface area contributed by atoms with Crippen molar-refractivity contribution in [3.63, 3.8) is 0 Å². The molecule has 3 rings (SSSR count). The molecule has 0 bridgehead atoms. The van der Waals surface area contributed by atoms with Gasteiger partial charge in [-0.1, -0.05) is 38.0 Å². The Balaban J connectivity index is 1.44. The lowest BCUT2D eigenvalue weighted by Crippen LogP contribution is -2.54. The molecular weight excluding hydrogens is 288 g/mol. The molecule has 1 aliphatic carbocycles. The van der Waals surface area contributed by atoms with Crippen LogP contribution in [0.15, 0.2) is 30.3 Å². The number of rotatable bonds is 4. The molecule has 1 heterocycles. The van der Waals surface area contributed by atoms with E-state index in [4.69, 9.17) is 4.74 Å². The summed E-state index contributed by atoms with van der Waals surface area (Å²) in [7, 11) is 0. The number of carbonyl (C=O) groups excluding carboxylic acids is 1. The highest BCUT2D eigenvalue weighted by molar-refractivity contribution is 5.77. The third-order valence-corrected chi connectivity index (χ3v) is 5.31. The molecule has 2 atom stereocenters. The highest BCUT2D eigenvalue weighted by atomic mass is 16.5. The Morgan fingerprint density at radius 2 is 1.78 bits per heavy atom. The molecule has 126 valence electrons. The monoisotopic (exact) mass is 316 g/mol. The van der Waals surface area contributed by atoms with Gasteiger partial charge in [-0.3, -0.25) is 9.69 Å². The maximum atomic E-state index is 12.3. The van der Waals surface area contributed by atoms with Gasteiger partial charge in [-0.25, -0.2) is 0 Å². The normalized spacial score (nSPS) is 26.0. The molecule has 0 spiro atoms. The minimum Gasteiger partial charge on any atom is -0.484 e. The minimum absolute atomic E-state index is 0.102. The van der Waals surface area contributed by atoms with Crippen molar-refractivity contribution in [1.82, 2.24) is 9.80 Å².